The van der Waals surface area contributed by atoms with Crippen LogP contribution in [0.25, 0.3) is 0 Å². The van der Waals surface area contributed by atoms with E-state index in [2.05, 4.69) is 33.0 Å². The molecule has 0 amide bonds. The predicted octanol–water partition coefficient (Wildman–Crippen LogP) is 4.35. The minimum absolute atomic E-state index is 0.0493. The summed E-state index contributed by atoms with van der Waals surface area (Å²) in [6.45, 7) is 9.53. The molecule has 3 aliphatic rings. The molecule has 3 fully saturated rings. The highest BCUT2D eigenvalue weighted by atomic mass is 32.2. The molecule has 6 heteroatoms. The number of rotatable bonds is 1. The Kier molecular flexibility index (Phi) is 4.07. The van der Waals surface area contributed by atoms with Gasteiger partial charge in [0.2, 0.25) is 0 Å². The standard InChI is InChI=1S/C15H28NO3PS/c1-13(2)10-18-20(17,19-11-13)12-14(3,4)21-15(16-12)8-6-5-7-9-15/h12,16H,5-11H2,1-4H3/t12-/m1/s1. The molecular formula is C15H28NO3PS. The van der Waals surface area contributed by atoms with Crippen molar-refractivity contribution >= 4 is 19.4 Å². The van der Waals surface area contributed by atoms with Gasteiger partial charge in [-0.3, -0.25) is 9.88 Å². The van der Waals surface area contributed by atoms with Crippen LogP contribution in [0.3, 0.4) is 0 Å². The van der Waals surface area contributed by atoms with E-state index in [0.717, 1.165) is 12.8 Å². The molecule has 1 saturated carbocycles. The van der Waals surface area contributed by atoms with Gasteiger partial charge in [-0.05, 0) is 26.7 Å². The Bertz CT molecular complexity index is 446. The van der Waals surface area contributed by atoms with Crippen molar-refractivity contribution in [2.24, 2.45) is 5.41 Å². The van der Waals surface area contributed by atoms with Gasteiger partial charge in [0, 0.05) is 10.2 Å². The lowest BCUT2D eigenvalue weighted by atomic mass is 9.94. The van der Waals surface area contributed by atoms with Crippen LogP contribution in [0.4, 0.5) is 0 Å². The Balaban J connectivity index is 1.80. The molecule has 1 atom stereocenters. The van der Waals surface area contributed by atoms with Crippen LogP contribution in [0.1, 0.15) is 59.8 Å². The molecule has 2 heterocycles. The van der Waals surface area contributed by atoms with Crippen molar-refractivity contribution in [1.29, 1.82) is 0 Å². The average molecular weight is 333 g/mol. The van der Waals surface area contributed by atoms with Gasteiger partial charge in [0.1, 0.15) is 5.78 Å². The van der Waals surface area contributed by atoms with Gasteiger partial charge in [-0.1, -0.05) is 33.1 Å². The van der Waals surface area contributed by atoms with Crippen LogP contribution < -0.4 is 5.32 Å². The summed E-state index contributed by atoms with van der Waals surface area (Å²) in [5, 5.41) is 3.68. The largest absolute Gasteiger partial charge is 0.348 e. The quantitative estimate of drug-likeness (QED) is 0.723. The molecule has 0 unspecified atom stereocenters. The van der Waals surface area contributed by atoms with E-state index < -0.39 is 7.60 Å². The Labute approximate surface area is 132 Å². The van der Waals surface area contributed by atoms with Crippen molar-refractivity contribution in [2.45, 2.75) is 75.2 Å². The summed E-state index contributed by atoms with van der Waals surface area (Å²) in [5.74, 6) is -0.204. The van der Waals surface area contributed by atoms with Crippen molar-refractivity contribution in [3.05, 3.63) is 0 Å². The number of hydrogen-bond donors (Lipinski definition) is 1. The molecule has 4 nitrogen and oxygen atoms in total. The van der Waals surface area contributed by atoms with Crippen molar-refractivity contribution in [1.82, 2.24) is 5.32 Å². The second kappa shape index (κ2) is 5.24. The average Bonchev–Trinajstić information content (AvgIpc) is 2.66. The zero-order valence-corrected chi connectivity index (χ0v) is 15.3. The van der Waals surface area contributed by atoms with E-state index in [9.17, 15) is 4.57 Å². The molecular weight excluding hydrogens is 305 g/mol. The maximum absolute atomic E-state index is 13.2. The second-order valence-corrected chi connectivity index (χ2v) is 12.2. The Morgan fingerprint density at radius 2 is 1.62 bits per heavy atom. The molecule has 1 spiro atoms. The van der Waals surface area contributed by atoms with Crippen molar-refractivity contribution in [2.75, 3.05) is 13.2 Å². The molecule has 0 radical (unpaired) electrons. The van der Waals surface area contributed by atoms with E-state index in [-0.39, 0.29) is 20.8 Å². The highest BCUT2D eigenvalue weighted by Gasteiger charge is 2.59. The maximum Gasteiger partial charge on any atom is 0.348 e. The number of nitrogens with one attached hydrogen (secondary N) is 1. The summed E-state index contributed by atoms with van der Waals surface area (Å²) in [5.41, 5.74) is -0.0493. The lowest BCUT2D eigenvalue weighted by molar-refractivity contribution is 0.0350. The van der Waals surface area contributed by atoms with E-state index >= 15 is 0 Å². The van der Waals surface area contributed by atoms with Crippen molar-refractivity contribution in [3.63, 3.8) is 0 Å². The highest BCUT2D eigenvalue weighted by molar-refractivity contribution is 8.02. The fraction of sp³-hybridized carbons (Fsp3) is 1.00. The summed E-state index contributed by atoms with van der Waals surface area (Å²) in [6, 6.07) is 0. The third kappa shape index (κ3) is 3.10. The van der Waals surface area contributed by atoms with Gasteiger partial charge in [0.25, 0.3) is 0 Å². The van der Waals surface area contributed by atoms with Crippen LogP contribution in [0.2, 0.25) is 0 Å². The van der Waals surface area contributed by atoms with Gasteiger partial charge in [-0.2, -0.15) is 0 Å². The zero-order valence-electron chi connectivity index (χ0n) is 13.6. The summed E-state index contributed by atoms with van der Waals surface area (Å²) in [7, 11) is -3.09. The van der Waals surface area contributed by atoms with Gasteiger partial charge in [0.05, 0.1) is 18.1 Å². The van der Waals surface area contributed by atoms with Crippen LogP contribution in [-0.4, -0.2) is 28.6 Å². The molecule has 2 saturated heterocycles. The van der Waals surface area contributed by atoms with E-state index in [0.29, 0.717) is 13.2 Å². The van der Waals surface area contributed by atoms with Gasteiger partial charge >= 0.3 is 7.60 Å². The van der Waals surface area contributed by atoms with Crippen LogP contribution in [-0.2, 0) is 13.6 Å². The van der Waals surface area contributed by atoms with Crippen LogP contribution >= 0.6 is 19.4 Å². The van der Waals surface area contributed by atoms with E-state index in [1.54, 1.807) is 0 Å². The summed E-state index contributed by atoms with van der Waals surface area (Å²) >= 11 is 1.95. The van der Waals surface area contributed by atoms with Crippen molar-refractivity contribution in [3.8, 4) is 0 Å². The Hall–Kier alpha value is 0.460. The SMILES string of the molecule is CC1(C)COP(=O)([C@H]2NC3(CCCCC3)SC2(C)C)OC1. The smallest absolute Gasteiger partial charge is 0.307 e. The molecule has 2 aliphatic heterocycles. The van der Waals surface area contributed by atoms with Crippen LogP contribution in [0, 0.1) is 5.41 Å². The van der Waals surface area contributed by atoms with Gasteiger partial charge in [-0.25, -0.2) is 0 Å². The van der Waals surface area contributed by atoms with E-state index in [1.165, 1.54) is 19.3 Å². The molecule has 0 bridgehead atoms. The van der Waals surface area contributed by atoms with Gasteiger partial charge < -0.3 is 9.05 Å². The molecule has 0 aromatic carbocycles. The molecule has 1 N–H and O–H groups in total. The lowest BCUT2D eigenvalue weighted by Crippen LogP contribution is -2.47. The number of thioether (sulfide) groups is 1. The molecule has 21 heavy (non-hydrogen) atoms. The van der Waals surface area contributed by atoms with Crippen LogP contribution in [0.15, 0.2) is 0 Å². The first-order valence-electron chi connectivity index (χ1n) is 8.03. The summed E-state index contributed by atoms with van der Waals surface area (Å²) in [4.78, 5) is 0.0729. The fourth-order valence-corrected chi connectivity index (χ4v) is 8.68. The van der Waals surface area contributed by atoms with Gasteiger partial charge in [-0.15, -0.1) is 11.8 Å². The Morgan fingerprint density at radius 3 is 2.19 bits per heavy atom. The zero-order chi connectivity index (χ0) is 15.4. The predicted molar refractivity (Wildman–Crippen MR) is 87.7 cm³/mol. The second-order valence-electron chi connectivity index (χ2n) is 8.06. The van der Waals surface area contributed by atoms with Crippen LogP contribution in [0.5, 0.6) is 0 Å². The monoisotopic (exact) mass is 333 g/mol. The fourth-order valence-electron chi connectivity index (χ4n) is 3.60. The van der Waals surface area contributed by atoms with E-state index in [1.807, 2.05) is 11.8 Å². The summed E-state index contributed by atoms with van der Waals surface area (Å²) < 4.78 is 24.7. The molecule has 122 valence electrons. The normalized spacial score (nSPS) is 36.7. The van der Waals surface area contributed by atoms with Gasteiger partial charge in [0.15, 0.2) is 0 Å². The number of hydrogen-bond acceptors (Lipinski definition) is 5. The third-order valence-electron chi connectivity index (χ3n) is 4.76. The minimum Gasteiger partial charge on any atom is -0.307 e. The van der Waals surface area contributed by atoms with E-state index in [4.69, 9.17) is 9.05 Å². The molecule has 3 rings (SSSR count). The molecule has 0 aromatic rings. The molecule has 1 aliphatic carbocycles. The first-order chi connectivity index (χ1) is 9.67. The lowest BCUT2D eigenvalue weighted by Gasteiger charge is -2.39. The third-order valence-corrected chi connectivity index (χ3v) is 9.00. The topological polar surface area (TPSA) is 47.6 Å². The summed E-state index contributed by atoms with van der Waals surface area (Å²) in [6.07, 6.45) is 6.13. The first kappa shape index (κ1) is 16.3. The maximum atomic E-state index is 13.2. The molecule has 0 aromatic heterocycles. The van der Waals surface area contributed by atoms with Crippen molar-refractivity contribution < 1.29 is 13.6 Å². The first-order valence-corrected chi connectivity index (χ1v) is 10.5. The minimum atomic E-state index is -3.09. The Morgan fingerprint density at radius 1 is 1.05 bits per heavy atom. The highest BCUT2D eigenvalue weighted by Crippen LogP contribution is 2.66.